The van der Waals surface area contributed by atoms with Gasteiger partial charge in [0, 0.05) is 11.5 Å². The monoisotopic (exact) mass is 272 g/mol. The van der Waals surface area contributed by atoms with Crippen molar-refractivity contribution in [3.63, 3.8) is 0 Å². The molecule has 2 aromatic carbocycles. The number of hydrogen-bond acceptors (Lipinski definition) is 2. The standard InChI is InChI=1S/C15H10F2N2O/c1-9-11-4-2-3-5-12(11)15(20)19(18-9)14-7-6-10(16)8-13(14)17/h2-8H,1H3. The molecule has 1 aromatic heterocycles. The summed E-state index contributed by atoms with van der Waals surface area (Å²) in [6.45, 7) is 1.74. The second-order valence-corrected chi connectivity index (χ2v) is 4.44. The van der Waals surface area contributed by atoms with E-state index in [2.05, 4.69) is 5.10 Å². The highest BCUT2D eigenvalue weighted by Crippen LogP contribution is 2.16. The maximum Gasteiger partial charge on any atom is 0.279 e. The van der Waals surface area contributed by atoms with Gasteiger partial charge < -0.3 is 0 Å². The Labute approximate surface area is 113 Å². The minimum atomic E-state index is -0.825. The van der Waals surface area contributed by atoms with E-state index in [-0.39, 0.29) is 5.69 Å². The molecule has 0 unspecified atom stereocenters. The van der Waals surface area contributed by atoms with Crippen LogP contribution in [0.2, 0.25) is 0 Å². The minimum Gasteiger partial charge on any atom is -0.267 e. The average Bonchev–Trinajstić information content (AvgIpc) is 2.43. The van der Waals surface area contributed by atoms with Gasteiger partial charge in [-0.3, -0.25) is 4.79 Å². The molecule has 0 saturated heterocycles. The molecule has 0 aliphatic carbocycles. The lowest BCUT2D eigenvalue weighted by Gasteiger charge is -2.09. The number of aromatic nitrogens is 2. The normalized spacial score (nSPS) is 10.9. The van der Waals surface area contributed by atoms with Crippen molar-refractivity contribution in [1.82, 2.24) is 9.78 Å². The zero-order valence-corrected chi connectivity index (χ0v) is 10.6. The first-order valence-corrected chi connectivity index (χ1v) is 6.02. The lowest BCUT2D eigenvalue weighted by molar-refractivity contribution is 0.570. The Morgan fingerprint density at radius 2 is 1.75 bits per heavy atom. The smallest absolute Gasteiger partial charge is 0.267 e. The highest BCUT2D eigenvalue weighted by molar-refractivity contribution is 5.83. The summed E-state index contributed by atoms with van der Waals surface area (Å²) in [6, 6.07) is 10.0. The maximum absolute atomic E-state index is 13.8. The molecule has 100 valence electrons. The fraction of sp³-hybridized carbons (Fsp3) is 0.0667. The molecular weight excluding hydrogens is 262 g/mol. The summed E-state index contributed by atoms with van der Waals surface area (Å²) in [5.74, 6) is -1.52. The summed E-state index contributed by atoms with van der Waals surface area (Å²) in [4.78, 5) is 12.4. The Balaban J connectivity index is 2.38. The molecule has 1 heterocycles. The van der Waals surface area contributed by atoms with E-state index >= 15 is 0 Å². The number of benzene rings is 2. The molecule has 0 saturated carbocycles. The van der Waals surface area contributed by atoms with Crippen molar-refractivity contribution >= 4 is 10.8 Å². The molecule has 0 spiro atoms. The highest BCUT2D eigenvalue weighted by atomic mass is 19.1. The lowest BCUT2D eigenvalue weighted by atomic mass is 10.1. The quantitative estimate of drug-likeness (QED) is 0.682. The SMILES string of the molecule is Cc1nn(-c2ccc(F)cc2F)c(=O)c2ccccc12. The predicted molar refractivity (Wildman–Crippen MR) is 72.0 cm³/mol. The number of halogens is 2. The molecule has 0 fully saturated rings. The summed E-state index contributed by atoms with van der Waals surface area (Å²) in [6.07, 6.45) is 0. The molecule has 0 aliphatic heterocycles. The number of nitrogens with zero attached hydrogens (tertiary/aromatic N) is 2. The first kappa shape index (κ1) is 12.5. The second kappa shape index (κ2) is 4.52. The van der Waals surface area contributed by atoms with E-state index in [0.717, 1.165) is 22.2 Å². The van der Waals surface area contributed by atoms with Crippen molar-refractivity contribution in [1.29, 1.82) is 0 Å². The molecule has 0 bridgehead atoms. The summed E-state index contributed by atoms with van der Waals surface area (Å²) in [7, 11) is 0. The van der Waals surface area contributed by atoms with Crippen LogP contribution in [0.4, 0.5) is 8.78 Å². The van der Waals surface area contributed by atoms with Crippen LogP contribution in [0.1, 0.15) is 5.69 Å². The molecule has 0 radical (unpaired) electrons. The Bertz CT molecular complexity index is 871. The van der Waals surface area contributed by atoms with Gasteiger partial charge >= 0.3 is 0 Å². The highest BCUT2D eigenvalue weighted by Gasteiger charge is 2.12. The Kier molecular flexibility index (Phi) is 2.82. The van der Waals surface area contributed by atoms with E-state index in [1.165, 1.54) is 6.07 Å². The fourth-order valence-corrected chi connectivity index (χ4v) is 2.16. The van der Waals surface area contributed by atoms with E-state index in [1.807, 2.05) is 0 Å². The molecule has 0 amide bonds. The largest absolute Gasteiger partial charge is 0.279 e. The second-order valence-electron chi connectivity index (χ2n) is 4.44. The first-order valence-electron chi connectivity index (χ1n) is 6.02. The Morgan fingerprint density at radius 3 is 2.45 bits per heavy atom. The van der Waals surface area contributed by atoms with Crippen LogP contribution in [-0.2, 0) is 0 Å². The fourth-order valence-electron chi connectivity index (χ4n) is 2.16. The number of fused-ring (bicyclic) bond motifs is 1. The Morgan fingerprint density at radius 1 is 1.05 bits per heavy atom. The van der Waals surface area contributed by atoms with Crippen LogP contribution >= 0.6 is 0 Å². The van der Waals surface area contributed by atoms with Gasteiger partial charge in [-0.05, 0) is 25.1 Å². The van der Waals surface area contributed by atoms with Crippen LogP contribution in [0.5, 0.6) is 0 Å². The van der Waals surface area contributed by atoms with Gasteiger partial charge in [-0.1, -0.05) is 18.2 Å². The van der Waals surface area contributed by atoms with Crippen molar-refractivity contribution in [3.8, 4) is 5.69 Å². The third-order valence-corrected chi connectivity index (χ3v) is 3.13. The van der Waals surface area contributed by atoms with Crippen molar-refractivity contribution in [2.45, 2.75) is 6.92 Å². The molecule has 0 aliphatic rings. The van der Waals surface area contributed by atoms with Gasteiger partial charge in [0.25, 0.3) is 5.56 Å². The van der Waals surface area contributed by atoms with Crippen molar-refractivity contribution in [3.05, 3.63) is 70.1 Å². The van der Waals surface area contributed by atoms with Crippen LogP contribution in [0, 0.1) is 18.6 Å². The van der Waals surface area contributed by atoms with Gasteiger partial charge in [-0.15, -0.1) is 0 Å². The molecule has 3 nitrogen and oxygen atoms in total. The van der Waals surface area contributed by atoms with Gasteiger partial charge in [0.15, 0.2) is 5.82 Å². The van der Waals surface area contributed by atoms with E-state index in [4.69, 9.17) is 0 Å². The van der Waals surface area contributed by atoms with E-state index < -0.39 is 17.2 Å². The third-order valence-electron chi connectivity index (χ3n) is 3.13. The van der Waals surface area contributed by atoms with Gasteiger partial charge in [0.05, 0.1) is 11.1 Å². The Hall–Kier alpha value is -2.56. The molecule has 20 heavy (non-hydrogen) atoms. The van der Waals surface area contributed by atoms with E-state index in [9.17, 15) is 13.6 Å². The minimum absolute atomic E-state index is 0.0646. The molecule has 0 atom stereocenters. The zero-order valence-electron chi connectivity index (χ0n) is 10.6. The van der Waals surface area contributed by atoms with Crippen LogP contribution in [0.15, 0.2) is 47.3 Å². The molecule has 5 heteroatoms. The maximum atomic E-state index is 13.8. The van der Waals surface area contributed by atoms with Crippen LogP contribution in [0.3, 0.4) is 0 Å². The molecule has 3 aromatic rings. The summed E-state index contributed by atoms with van der Waals surface area (Å²) in [5, 5.41) is 5.27. The zero-order chi connectivity index (χ0) is 14.3. The number of hydrogen-bond donors (Lipinski definition) is 0. The third kappa shape index (κ3) is 1.87. The van der Waals surface area contributed by atoms with Gasteiger partial charge in [0.2, 0.25) is 0 Å². The van der Waals surface area contributed by atoms with Gasteiger partial charge in [-0.25, -0.2) is 8.78 Å². The molecular formula is C15H10F2N2O. The topological polar surface area (TPSA) is 34.9 Å². The summed E-state index contributed by atoms with van der Waals surface area (Å²) in [5.41, 5.74) is 0.103. The van der Waals surface area contributed by atoms with Gasteiger partial charge in [-0.2, -0.15) is 9.78 Å². The summed E-state index contributed by atoms with van der Waals surface area (Å²) >= 11 is 0. The predicted octanol–water partition coefficient (Wildman–Crippen LogP) is 2.97. The van der Waals surface area contributed by atoms with Crippen molar-refractivity contribution in [2.75, 3.05) is 0 Å². The lowest BCUT2D eigenvalue weighted by Crippen LogP contribution is -2.23. The van der Waals surface area contributed by atoms with Crippen LogP contribution < -0.4 is 5.56 Å². The molecule has 0 N–H and O–H groups in total. The van der Waals surface area contributed by atoms with Crippen molar-refractivity contribution < 1.29 is 8.78 Å². The van der Waals surface area contributed by atoms with E-state index in [1.54, 1.807) is 31.2 Å². The first-order chi connectivity index (χ1) is 9.58. The van der Waals surface area contributed by atoms with Crippen LogP contribution in [0.25, 0.3) is 16.5 Å². The van der Waals surface area contributed by atoms with E-state index in [0.29, 0.717) is 11.1 Å². The molecule has 3 rings (SSSR count). The summed E-state index contributed by atoms with van der Waals surface area (Å²) < 4.78 is 27.7. The number of rotatable bonds is 1. The number of aryl methyl sites for hydroxylation is 1. The van der Waals surface area contributed by atoms with Crippen molar-refractivity contribution in [2.24, 2.45) is 0 Å². The average molecular weight is 272 g/mol. The van der Waals surface area contributed by atoms with Crippen LogP contribution in [-0.4, -0.2) is 9.78 Å². The van der Waals surface area contributed by atoms with Gasteiger partial charge in [0.1, 0.15) is 11.5 Å².